The SMILES string of the molecule is Cc1cc2c(cc1N1c3cc(-c4cccc5oc6ccccc6c45)ccc3B3c4cc5c(cc4N(c4ccc(C(C)(C)C)cc4-c4ccccc4)c4cc(N(c6ccc(C(C)(C)C)cc6)c6ccc(C(C)(C)C)cc6)cc1c43)C(C)(C)CCC5(C)C)C(C)(C)CC2(C)C. The van der Waals surface area contributed by atoms with E-state index < -0.39 is 0 Å². The zero-order valence-corrected chi connectivity index (χ0v) is 58.4. The number of nitrogens with zero attached hydrogens (tertiary/aromatic N) is 3. The Kier molecular flexibility index (Phi) is 13.5. The van der Waals surface area contributed by atoms with Crippen LogP contribution in [0.2, 0.25) is 0 Å². The molecule has 1 aromatic heterocycles. The summed E-state index contributed by atoms with van der Waals surface area (Å²) in [5, 5.41) is 2.27. The standard InChI is InChI=1S/C88H92BN3O/c1-54-45-66-69(88(17,18)53-87(66,15)16)51-73(54)92-74-46-56(63-28-24-30-79-80(63)64-27-22-23-29-78(64)93-79)31-41-70(74)89-71-50-67-68(86(13,14)44-43-85(67,11)12)52-75(71)91(72-42-36-59(84(8,9)10)47-65(72)55-25-20-19-21-26-55)76-48-62(49-77(92)81(76)89)90(60-37-32-57(33-38-60)82(2,3)4)61-39-34-58(35-40-61)83(5,6)7/h19-42,45-52H,43-44,53H2,1-18H3. The highest BCUT2D eigenvalue weighted by Crippen LogP contribution is 2.57. The van der Waals surface area contributed by atoms with Crippen LogP contribution in [0.25, 0.3) is 44.2 Å². The zero-order valence-electron chi connectivity index (χ0n) is 58.4. The van der Waals surface area contributed by atoms with Crippen LogP contribution in [-0.4, -0.2) is 6.71 Å². The fourth-order valence-corrected chi connectivity index (χ4v) is 16.9. The lowest BCUT2D eigenvalue weighted by Gasteiger charge is -2.48. The first-order valence-corrected chi connectivity index (χ1v) is 34.3. The van der Waals surface area contributed by atoms with Gasteiger partial charge in [-0.3, -0.25) is 0 Å². The average Bonchev–Trinajstić information content (AvgIpc) is 1.06. The van der Waals surface area contributed by atoms with E-state index in [0.717, 1.165) is 69.4 Å². The van der Waals surface area contributed by atoms with Gasteiger partial charge in [0.25, 0.3) is 6.71 Å². The van der Waals surface area contributed by atoms with Gasteiger partial charge in [0, 0.05) is 56.1 Å². The van der Waals surface area contributed by atoms with E-state index in [1.54, 1.807) is 0 Å². The molecule has 4 aliphatic rings. The van der Waals surface area contributed by atoms with Gasteiger partial charge >= 0.3 is 0 Å². The minimum atomic E-state index is -0.142. The summed E-state index contributed by atoms with van der Waals surface area (Å²) in [7, 11) is 0. The molecule has 15 rings (SSSR count). The fraction of sp³-hybridized carbons (Fsp3) is 0.318. The smallest absolute Gasteiger partial charge is 0.252 e. The first-order valence-electron chi connectivity index (χ1n) is 34.3. The third-order valence-corrected chi connectivity index (χ3v) is 22.1. The normalized spacial score (nSPS) is 16.6. The predicted octanol–water partition coefficient (Wildman–Crippen LogP) is 23.0. The Morgan fingerprint density at radius 3 is 1.52 bits per heavy atom. The molecule has 5 heteroatoms. The van der Waals surface area contributed by atoms with Crippen LogP contribution in [0.3, 0.4) is 0 Å². The fourth-order valence-electron chi connectivity index (χ4n) is 16.9. The summed E-state index contributed by atoms with van der Waals surface area (Å²) < 4.78 is 6.67. The first-order chi connectivity index (χ1) is 43.9. The molecule has 10 aromatic carbocycles. The Hall–Kier alpha value is -8.54. The van der Waals surface area contributed by atoms with Crippen molar-refractivity contribution >= 4 is 96.2 Å². The molecule has 2 aliphatic heterocycles. The highest BCUT2D eigenvalue weighted by Gasteiger charge is 2.49. The van der Waals surface area contributed by atoms with E-state index in [9.17, 15) is 0 Å². The molecule has 0 fully saturated rings. The predicted molar refractivity (Wildman–Crippen MR) is 400 cm³/mol. The van der Waals surface area contributed by atoms with E-state index >= 15 is 0 Å². The van der Waals surface area contributed by atoms with Gasteiger partial charge in [-0.1, -0.05) is 233 Å². The summed E-state index contributed by atoms with van der Waals surface area (Å²) in [6, 6.07) is 75.8. The van der Waals surface area contributed by atoms with Crippen LogP contribution in [-0.2, 0) is 37.9 Å². The molecule has 0 radical (unpaired) electrons. The number of para-hydroxylation sites is 1. The summed E-state index contributed by atoms with van der Waals surface area (Å²) in [6.45, 7) is 43.0. The van der Waals surface area contributed by atoms with Crippen molar-refractivity contribution in [2.45, 2.75) is 182 Å². The molecule has 4 nitrogen and oxygen atoms in total. The Labute approximate surface area is 554 Å². The number of furan rings is 1. The lowest BCUT2D eigenvalue weighted by molar-refractivity contribution is 0.332. The second-order valence-electron chi connectivity index (χ2n) is 33.7. The van der Waals surface area contributed by atoms with Crippen LogP contribution < -0.4 is 31.1 Å². The number of rotatable bonds is 7. The molecule has 0 amide bonds. The van der Waals surface area contributed by atoms with Gasteiger partial charge in [-0.25, -0.2) is 0 Å². The van der Waals surface area contributed by atoms with Gasteiger partial charge < -0.3 is 19.1 Å². The van der Waals surface area contributed by atoms with Crippen LogP contribution in [0.1, 0.15) is 181 Å². The maximum Gasteiger partial charge on any atom is 0.252 e. The summed E-state index contributed by atoms with van der Waals surface area (Å²) >= 11 is 0. The highest BCUT2D eigenvalue weighted by molar-refractivity contribution is 7.00. The number of aryl methyl sites for hydroxylation is 1. The van der Waals surface area contributed by atoms with Crippen molar-refractivity contribution < 1.29 is 4.42 Å². The third-order valence-electron chi connectivity index (χ3n) is 22.1. The second kappa shape index (κ2) is 20.7. The molecular formula is C88H92BN3O. The monoisotopic (exact) mass is 1220 g/mol. The van der Waals surface area contributed by atoms with Gasteiger partial charge in [0.1, 0.15) is 11.2 Å². The Morgan fingerprint density at radius 1 is 0.387 bits per heavy atom. The maximum atomic E-state index is 6.67. The zero-order chi connectivity index (χ0) is 65.4. The maximum absolute atomic E-state index is 6.67. The highest BCUT2D eigenvalue weighted by atomic mass is 16.3. The molecule has 0 N–H and O–H groups in total. The number of hydrogen-bond donors (Lipinski definition) is 0. The molecule has 468 valence electrons. The van der Waals surface area contributed by atoms with Gasteiger partial charge in [0.15, 0.2) is 0 Å². The third kappa shape index (κ3) is 9.82. The van der Waals surface area contributed by atoms with E-state index in [1.165, 1.54) is 106 Å². The lowest BCUT2D eigenvalue weighted by atomic mass is 9.33. The van der Waals surface area contributed by atoms with E-state index in [1.807, 2.05) is 0 Å². The van der Waals surface area contributed by atoms with Gasteiger partial charge in [0.05, 0.1) is 11.4 Å². The number of anilines is 9. The van der Waals surface area contributed by atoms with Crippen LogP contribution in [0.4, 0.5) is 51.2 Å². The van der Waals surface area contributed by atoms with Crippen molar-refractivity contribution in [3.05, 3.63) is 239 Å². The molecule has 11 aromatic rings. The topological polar surface area (TPSA) is 22.9 Å². The Balaban J connectivity index is 1.12. The minimum absolute atomic E-state index is 0.0155. The summed E-state index contributed by atoms with van der Waals surface area (Å²) in [5.74, 6) is 0. The van der Waals surface area contributed by atoms with Gasteiger partial charge in [-0.05, 0) is 221 Å². The minimum Gasteiger partial charge on any atom is -0.456 e. The molecule has 0 bridgehead atoms. The number of benzene rings is 10. The Morgan fingerprint density at radius 2 is 0.903 bits per heavy atom. The Bertz CT molecular complexity index is 4780. The van der Waals surface area contributed by atoms with E-state index in [-0.39, 0.29) is 44.6 Å². The molecule has 0 saturated heterocycles. The molecule has 2 aliphatic carbocycles. The molecule has 0 saturated carbocycles. The van der Waals surface area contributed by atoms with Crippen molar-refractivity contribution in [1.82, 2.24) is 0 Å². The molecule has 0 atom stereocenters. The van der Waals surface area contributed by atoms with Crippen molar-refractivity contribution in [3.63, 3.8) is 0 Å². The largest absolute Gasteiger partial charge is 0.456 e. The van der Waals surface area contributed by atoms with Gasteiger partial charge in [-0.15, -0.1) is 0 Å². The van der Waals surface area contributed by atoms with E-state index in [4.69, 9.17) is 4.42 Å². The van der Waals surface area contributed by atoms with Gasteiger partial charge in [-0.2, -0.15) is 0 Å². The summed E-state index contributed by atoms with van der Waals surface area (Å²) in [4.78, 5) is 8.00. The van der Waals surface area contributed by atoms with Crippen molar-refractivity contribution in [3.8, 4) is 22.3 Å². The molecular weight excluding hydrogens is 1130 g/mol. The van der Waals surface area contributed by atoms with Crippen molar-refractivity contribution in [1.29, 1.82) is 0 Å². The second-order valence-corrected chi connectivity index (χ2v) is 33.7. The average molecular weight is 1220 g/mol. The van der Waals surface area contributed by atoms with Crippen LogP contribution >= 0.6 is 0 Å². The summed E-state index contributed by atoms with van der Waals surface area (Å²) in [6.07, 6.45) is 3.31. The van der Waals surface area contributed by atoms with Crippen LogP contribution in [0.5, 0.6) is 0 Å². The number of hydrogen-bond acceptors (Lipinski definition) is 4. The van der Waals surface area contributed by atoms with Gasteiger partial charge in [0.2, 0.25) is 0 Å². The quantitative estimate of drug-likeness (QED) is 0.148. The lowest BCUT2D eigenvalue weighted by Crippen LogP contribution is -2.62. The van der Waals surface area contributed by atoms with Crippen molar-refractivity contribution in [2.75, 3.05) is 14.7 Å². The molecule has 3 heterocycles. The first kappa shape index (κ1) is 60.7. The van der Waals surface area contributed by atoms with Crippen molar-refractivity contribution in [2.24, 2.45) is 0 Å². The van der Waals surface area contributed by atoms with E-state index in [0.29, 0.717) is 0 Å². The summed E-state index contributed by atoms with van der Waals surface area (Å²) in [5.41, 5.74) is 31.7. The molecule has 93 heavy (non-hydrogen) atoms. The molecule has 0 unspecified atom stereocenters. The number of fused-ring (bicyclic) bond motifs is 9. The van der Waals surface area contributed by atoms with E-state index in [2.05, 4.69) is 333 Å². The van der Waals surface area contributed by atoms with Crippen LogP contribution in [0.15, 0.2) is 199 Å². The molecule has 0 spiro atoms. The van der Waals surface area contributed by atoms with Crippen LogP contribution in [0, 0.1) is 6.92 Å².